The van der Waals surface area contributed by atoms with Crippen LogP contribution in [-0.2, 0) is 31.9 Å². The molecule has 0 heterocycles. The van der Waals surface area contributed by atoms with Gasteiger partial charge in [0.15, 0.2) is 0 Å². The van der Waals surface area contributed by atoms with Gasteiger partial charge in [-0.2, -0.15) is 0 Å². The fourth-order valence-electron chi connectivity index (χ4n) is 4.08. The average Bonchev–Trinajstić information content (AvgIpc) is 2.89. The predicted molar refractivity (Wildman–Crippen MR) is 144 cm³/mol. The Labute approximate surface area is 216 Å². The quantitative estimate of drug-likeness (QED) is 0.207. The summed E-state index contributed by atoms with van der Waals surface area (Å²) in [5.41, 5.74) is 14.0. The van der Waals surface area contributed by atoms with E-state index in [1.54, 1.807) is 0 Å². The standard InChI is InChI=1S/C30H44N2O4/c31-27(23-25-17-11-9-12-18-25)29(33)35-21-15-7-5-3-1-2-4-6-8-16-22-36-30(34)28(32)24-26-19-13-10-14-20-26/h9-14,17-20,27-28H,1-8,15-16,21-24,31-32H2. The van der Waals surface area contributed by atoms with Gasteiger partial charge in [0, 0.05) is 0 Å². The second kappa shape index (κ2) is 18.6. The largest absolute Gasteiger partial charge is 0.465 e. The van der Waals surface area contributed by atoms with Gasteiger partial charge in [0.2, 0.25) is 0 Å². The summed E-state index contributed by atoms with van der Waals surface area (Å²) < 4.78 is 10.6. The van der Waals surface area contributed by atoms with Crippen molar-refractivity contribution in [2.45, 2.75) is 89.1 Å². The van der Waals surface area contributed by atoms with E-state index in [-0.39, 0.29) is 11.9 Å². The molecule has 0 amide bonds. The first-order chi connectivity index (χ1) is 17.6. The molecule has 2 rings (SSSR count). The number of ether oxygens (including phenoxy) is 2. The van der Waals surface area contributed by atoms with Crippen LogP contribution >= 0.6 is 0 Å². The van der Waals surface area contributed by atoms with Crippen LogP contribution in [0.4, 0.5) is 0 Å². The van der Waals surface area contributed by atoms with Crippen molar-refractivity contribution in [3.8, 4) is 0 Å². The minimum atomic E-state index is -0.600. The Hall–Kier alpha value is -2.70. The Balaban J connectivity index is 1.33. The maximum absolute atomic E-state index is 12.0. The Morgan fingerprint density at radius 1 is 0.528 bits per heavy atom. The second-order valence-electron chi connectivity index (χ2n) is 9.46. The number of unbranched alkanes of at least 4 members (excludes halogenated alkanes) is 9. The van der Waals surface area contributed by atoms with Crippen molar-refractivity contribution in [2.24, 2.45) is 11.5 Å². The van der Waals surface area contributed by atoms with Crippen LogP contribution in [0, 0.1) is 0 Å². The molecule has 2 aromatic carbocycles. The van der Waals surface area contributed by atoms with Gasteiger partial charge in [-0.1, -0.05) is 112 Å². The number of nitrogens with two attached hydrogens (primary N) is 2. The fourth-order valence-corrected chi connectivity index (χ4v) is 4.08. The summed E-state index contributed by atoms with van der Waals surface area (Å²) in [6.07, 6.45) is 12.1. The molecule has 2 unspecified atom stereocenters. The normalized spacial score (nSPS) is 12.6. The van der Waals surface area contributed by atoms with Crippen molar-refractivity contribution in [1.82, 2.24) is 0 Å². The van der Waals surface area contributed by atoms with E-state index in [0.29, 0.717) is 26.1 Å². The van der Waals surface area contributed by atoms with E-state index in [1.165, 1.54) is 25.7 Å². The molecule has 0 fully saturated rings. The number of hydrogen-bond acceptors (Lipinski definition) is 6. The van der Waals surface area contributed by atoms with Gasteiger partial charge in [-0.3, -0.25) is 9.59 Å². The number of benzene rings is 2. The lowest BCUT2D eigenvalue weighted by atomic mass is 10.1. The molecule has 0 spiro atoms. The molecule has 198 valence electrons. The van der Waals surface area contributed by atoms with Gasteiger partial charge in [0.25, 0.3) is 0 Å². The van der Waals surface area contributed by atoms with Crippen LogP contribution < -0.4 is 11.5 Å². The highest BCUT2D eigenvalue weighted by Crippen LogP contribution is 2.11. The zero-order valence-electron chi connectivity index (χ0n) is 21.6. The SMILES string of the molecule is NC(Cc1ccccc1)C(=O)OCCCCCCCCCCCCOC(=O)C(N)Cc1ccccc1. The second-order valence-corrected chi connectivity index (χ2v) is 9.46. The van der Waals surface area contributed by atoms with Crippen molar-refractivity contribution in [3.05, 3.63) is 71.8 Å². The average molecular weight is 497 g/mol. The van der Waals surface area contributed by atoms with Crippen LogP contribution in [0.2, 0.25) is 0 Å². The highest BCUT2D eigenvalue weighted by Gasteiger charge is 2.16. The molecule has 2 atom stereocenters. The lowest BCUT2D eigenvalue weighted by Crippen LogP contribution is -2.34. The Kier molecular flexibility index (Phi) is 15.2. The number of esters is 2. The van der Waals surface area contributed by atoms with E-state index in [9.17, 15) is 9.59 Å². The van der Waals surface area contributed by atoms with E-state index in [4.69, 9.17) is 20.9 Å². The molecular formula is C30H44N2O4. The molecule has 2 aromatic rings. The third-order valence-corrected chi connectivity index (χ3v) is 6.23. The van der Waals surface area contributed by atoms with Crippen LogP contribution in [0.1, 0.15) is 75.3 Å². The first-order valence-corrected chi connectivity index (χ1v) is 13.5. The summed E-state index contributed by atoms with van der Waals surface area (Å²) in [4.78, 5) is 24.0. The summed E-state index contributed by atoms with van der Waals surface area (Å²) in [6, 6.07) is 18.3. The van der Waals surface area contributed by atoms with E-state index < -0.39 is 12.1 Å². The van der Waals surface area contributed by atoms with Gasteiger partial charge in [0.05, 0.1) is 13.2 Å². The minimum absolute atomic E-state index is 0.316. The maximum atomic E-state index is 12.0. The molecule has 0 aliphatic carbocycles. The van der Waals surface area contributed by atoms with Crippen LogP contribution in [0.3, 0.4) is 0 Å². The number of rotatable bonds is 19. The van der Waals surface area contributed by atoms with Crippen molar-refractivity contribution in [3.63, 3.8) is 0 Å². The van der Waals surface area contributed by atoms with Crippen molar-refractivity contribution in [2.75, 3.05) is 13.2 Å². The van der Waals surface area contributed by atoms with Crippen LogP contribution in [0.25, 0.3) is 0 Å². The van der Waals surface area contributed by atoms with Crippen LogP contribution in [0.15, 0.2) is 60.7 Å². The van der Waals surface area contributed by atoms with E-state index in [2.05, 4.69) is 0 Å². The predicted octanol–water partition coefficient (Wildman–Crippen LogP) is 5.11. The summed E-state index contributed by atoms with van der Waals surface area (Å²) in [5.74, 6) is -0.632. The Morgan fingerprint density at radius 3 is 1.17 bits per heavy atom. The molecule has 6 nitrogen and oxygen atoms in total. The van der Waals surface area contributed by atoms with E-state index in [0.717, 1.165) is 49.7 Å². The minimum Gasteiger partial charge on any atom is -0.465 e. The molecule has 0 aromatic heterocycles. The van der Waals surface area contributed by atoms with Crippen molar-refractivity contribution >= 4 is 11.9 Å². The highest BCUT2D eigenvalue weighted by atomic mass is 16.5. The first-order valence-electron chi connectivity index (χ1n) is 13.5. The molecular weight excluding hydrogens is 452 g/mol. The molecule has 0 bridgehead atoms. The summed E-state index contributed by atoms with van der Waals surface area (Å²) in [7, 11) is 0. The fraction of sp³-hybridized carbons (Fsp3) is 0.533. The maximum Gasteiger partial charge on any atom is 0.323 e. The lowest BCUT2D eigenvalue weighted by molar-refractivity contribution is -0.146. The number of hydrogen-bond donors (Lipinski definition) is 2. The molecule has 0 saturated heterocycles. The van der Waals surface area contributed by atoms with E-state index >= 15 is 0 Å². The number of carbonyl (C=O) groups excluding carboxylic acids is 2. The molecule has 0 aliphatic rings. The first kappa shape index (κ1) is 29.5. The molecule has 6 heteroatoms. The van der Waals surface area contributed by atoms with Gasteiger partial charge in [-0.15, -0.1) is 0 Å². The van der Waals surface area contributed by atoms with Gasteiger partial charge in [0.1, 0.15) is 12.1 Å². The zero-order valence-corrected chi connectivity index (χ0v) is 21.6. The Bertz CT molecular complexity index is 773. The Morgan fingerprint density at radius 2 is 0.833 bits per heavy atom. The summed E-state index contributed by atoms with van der Waals surface area (Å²) >= 11 is 0. The number of carbonyl (C=O) groups is 2. The van der Waals surface area contributed by atoms with Gasteiger partial charge >= 0.3 is 11.9 Å². The van der Waals surface area contributed by atoms with Gasteiger partial charge in [-0.05, 0) is 36.8 Å². The third-order valence-electron chi connectivity index (χ3n) is 6.23. The third kappa shape index (κ3) is 13.4. The van der Waals surface area contributed by atoms with Crippen molar-refractivity contribution < 1.29 is 19.1 Å². The zero-order chi connectivity index (χ0) is 25.8. The monoisotopic (exact) mass is 496 g/mol. The van der Waals surface area contributed by atoms with Gasteiger partial charge in [-0.25, -0.2) is 0 Å². The van der Waals surface area contributed by atoms with Crippen molar-refractivity contribution in [1.29, 1.82) is 0 Å². The lowest BCUT2D eigenvalue weighted by Gasteiger charge is -2.11. The molecule has 36 heavy (non-hydrogen) atoms. The molecule has 0 aliphatic heterocycles. The highest BCUT2D eigenvalue weighted by molar-refractivity contribution is 5.76. The molecule has 4 N–H and O–H groups in total. The summed E-state index contributed by atoms with van der Waals surface area (Å²) in [6.45, 7) is 0.895. The smallest absolute Gasteiger partial charge is 0.323 e. The van der Waals surface area contributed by atoms with Crippen LogP contribution in [0.5, 0.6) is 0 Å². The molecule has 0 saturated carbocycles. The summed E-state index contributed by atoms with van der Waals surface area (Å²) in [5, 5.41) is 0. The topological polar surface area (TPSA) is 105 Å². The van der Waals surface area contributed by atoms with Gasteiger partial charge < -0.3 is 20.9 Å². The molecule has 0 radical (unpaired) electrons. The van der Waals surface area contributed by atoms with E-state index in [1.807, 2.05) is 60.7 Å². The van der Waals surface area contributed by atoms with Crippen LogP contribution in [-0.4, -0.2) is 37.2 Å².